The highest BCUT2D eigenvalue weighted by atomic mass is 32.1. The molecule has 5 aromatic carbocycles. The number of hydrogen-bond acceptors (Lipinski definition) is 2. The van der Waals surface area contributed by atoms with Crippen LogP contribution < -0.4 is 0 Å². The molecule has 2 heteroatoms. The standard InChI is InChI=1S/C31H19NS/c1-2-8-20(9-3-1)25-19-29-27(23-12-4-5-14-28(23)33-29)18-26(25)24-13-6-10-21-15-16-22-11-7-17-32-31(22)30(21)24/h1-19H. The maximum atomic E-state index is 4.80. The first-order valence-electron chi connectivity index (χ1n) is 11.1. The van der Waals surface area contributed by atoms with Crippen molar-refractivity contribution in [2.24, 2.45) is 0 Å². The Morgan fingerprint density at radius 2 is 1.33 bits per heavy atom. The fourth-order valence-electron chi connectivity index (χ4n) is 4.99. The van der Waals surface area contributed by atoms with Crippen LogP contribution in [0.15, 0.2) is 115 Å². The molecule has 2 heterocycles. The summed E-state index contributed by atoms with van der Waals surface area (Å²) in [5, 5.41) is 6.23. The van der Waals surface area contributed by atoms with Crippen molar-refractivity contribution in [3.63, 3.8) is 0 Å². The summed E-state index contributed by atoms with van der Waals surface area (Å²) in [5.41, 5.74) is 6.03. The van der Waals surface area contributed by atoms with Crippen molar-refractivity contribution in [2.75, 3.05) is 0 Å². The minimum atomic E-state index is 1.06. The predicted octanol–water partition coefficient (Wildman–Crippen LogP) is 9.09. The molecule has 0 bridgehead atoms. The molecule has 7 aromatic rings. The summed E-state index contributed by atoms with van der Waals surface area (Å²) in [6.45, 7) is 0. The number of hydrogen-bond donors (Lipinski definition) is 0. The van der Waals surface area contributed by atoms with Crippen LogP contribution in [-0.2, 0) is 0 Å². The van der Waals surface area contributed by atoms with Crippen LogP contribution in [-0.4, -0.2) is 4.98 Å². The van der Waals surface area contributed by atoms with Gasteiger partial charge in [0.1, 0.15) is 0 Å². The maximum absolute atomic E-state index is 4.80. The molecule has 0 amide bonds. The second-order valence-corrected chi connectivity index (χ2v) is 9.49. The first-order valence-corrected chi connectivity index (χ1v) is 12.0. The summed E-state index contributed by atoms with van der Waals surface area (Å²) in [5.74, 6) is 0. The van der Waals surface area contributed by atoms with Gasteiger partial charge in [-0.2, -0.15) is 0 Å². The molecular weight excluding hydrogens is 418 g/mol. The largest absolute Gasteiger partial charge is 0.256 e. The van der Waals surface area contributed by atoms with Gasteiger partial charge in [-0.05, 0) is 51.9 Å². The Balaban J connectivity index is 1.66. The van der Waals surface area contributed by atoms with Crippen molar-refractivity contribution in [1.82, 2.24) is 4.98 Å². The van der Waals surface area contributed by atoms with E-state index in [0.717, 1.165) is 5.52 Å². The molecule has 0 saturated heterocycles. The highest BCUT2D eigenvalue weighted by Crippen LogP contribution is 2.44. The van der Waals surface area contributed by atoms with Crippen LogP contribution in [0.5, 0.6) is 0 Å². The smallest absolute Gasteiger partial charge is 0.0786 e. The number of nitrogens with zero attached hydrogens (tertiary/aromatic N) is 1. The maximum Gasteiger partial charge on any atom is 0.0786 e. The summed E-state index contributed by atoms with van der Waals surface area (Å²) in [6.07, 6.45) is 1.90. The lowest BCUT2D eigenvalue weighted by atomic mass is 9.89. The molecule has 0 aliphatic carbocycles. The van der Waals surface area contributed by atoms with Crippen LogP contribution >= 0.6 is 11.3 Å². The van der Waals surface area contributed by atoms with Crippen LogP contribution in [0.4, 0.5) is 0 Å². The van der Waals surface area contributed by atoms with Crippen LogP contribution in [0.3, 0.4) is 0 Å². The summed E-state index contributed by atoms with van der Waals surface area (Å²) in [4.78, 5) is 4.80. The summed E-state index contributed by atoms with van der Waals surface area (Å²) >= 11 is 1.87. The van der Waals surface area contributed by atoms with Gasteiger partial charge in [-0.25, -0.2) is 0 Å². The minimum absolute atomic E-state index is 1.06. The van der Waals surface area contributed by atoms with Crippen molar-refractivity contribution in [1.29, 1.82) is 0 Å². The van der Waals surface area contributed by atoms with E-state index in [0.29, 0.717) is 0 Å². The Hall–Kier alpha value is -4.01. The lowest BCUT2D eigenvalue weighted by molar-refractivity contribution is 1.43. The van der Waals surface area contributed by atoms with E-state index in [1.807, 2.05) is 23.6 Å². The average Bonchev–Trinajstić information content (AvgIpc) is 3.25. The minimum Gasteiger partial charge on any atom is -0.256 e. The van der Waals surface area contributed by atoms with E-state index in [9.17, 15) is 0 Å². The van der Waals surface area contributed by atoms with Crippen LogP contribution in [0.1, 0.15) is 0 Å². The second-order valence-electron chi connectivity index (χ2n) is 8.40. The monoisotopic (exact) mass is 437 g/mol. The van der Waals surface area contributed by atoms with Gasteiger partial charge in [0, 0.05) is 37.1 Å². The van der Waals surface area contributed by atoms with E-state index < -0.39 is 0 Å². The zero-order chi connectivity index (χ0) is 21.8. The van der Waals surface area contributed by atoms with Crippen molar-refractivity contribution in [2.45, 2.75) is 0 Å². The molecule has 33 heavy (non-hydrogen) atoms. The van der Waals surface area contributed by atoms with Gasteiger partial charge in [0.25, 0.3) is 0 Å². The first-order chi connectivity index (χ1) is 16.4. The SMILES string of the molecule is c1ccc(-c2cc3sc4ccccc4c3cc2-c2cccc3ccc4cccnc4c23)cc1. The molecule has 0 N–H and O–H groups in total. The van der Waals surface area contributed by atoms with Gasteiger partial charge < -0.3 is 0 Å². The van der Waals surface area contributed by atoms with Gasteiger partial charge in [0.15, 0.2) is 0 Å². The Morgan fingerprint density at radius 3 is 2.27 bits per heavy atom. The zero-order valence-electron chi connectivity index (χ0n) is 17.8. The number of benzene rings is 5. The predicted molar refractivity (Wildman–Crippen MR) is 143 cm³/mol. The molecule has 0 aliphatic rings. The summed E-state index contributed by atoms with van der Waals surface area (Å²) in [7, 11) is 0. The second kappa shape index (κ2) is 7.26. The molecular formula is C31H19NS. The van der Waals surface area contributed by atoms with Gasteiger partial charge in [0.2, 0.25) is 0 Å². The lowest BCUT2D eigenvalue weighted by Gasteiger charge is -2.15. The van der Waals surface area contributed by atoms with Crippen LogP contribution in [0.2, 0.25) is 0 Å². The van der Waals surface area contributed by atoms with Gasteiger partial charge in [0.05, 0.1) is 5.52 Å². The van der Waals surface area contributed by atoms with Crippen molar-refractivity contribution in [3.8, 4) is 22.3 Å². The van der Waals surface area contributed by atoms with Crippen molar-refractivity contribution >= 4 is 53.2 Å². The molecule has 0 atom stereocenters. The summed E-state index contributed by atoms with van der Waals surface area (Å²) in [6, 6.07) is 39.4. The highest BCUT2D eigenvalue weighted by Gasteiger charge is 2.16. The van der Waals surface area contributed by atoms with Gasteiger partial charge in [-0.1, -0.05) is 84.9 Å². The van der Waals surface area contributed by atoms with E-state index in [1.165, 1.54) is 58.6 Å². The van der Waals surface area contributed by atoms with Gasteiger partial charge in [-0.15, -0.1) is 11.3 Å². The average molecular weight is 438 g/mol. The number of thiophene rings is 1. The Morgan fingerprint density at radius 1 is 0.515 bits per heavy atom. The Labute approximate surface area is 195 Å². The molecule has 154 valence electrons. The molecule has 2 aromatic heterocycles. The fraction of sp³-hybridized carbons (Fsp3) is 0. The van der Waals surface area contributed by atoms with Gasteiger partial charge in [-0.3, -0.25) is 4.98 Å². The summed E-state index contributed by atoms with van der Waals surface area (Å²) < 4.78 is 2.65. The fourth-order valence-corrected chi connectivity index (χ4v) is 6.12. The molecule has 7 rings (SSSR count). The molecule has 0 fully saturated rings. The van der Waals surface area contributed by atoms with E-state index in [4.69, 9.17) is 4.98 Å². The third kappa shape index (κ3) is 2.88. The third-order valence-corrected chi connectivity index (χ3v) is 7.64. The van der Waals surface area contributed by atoms with E-state index in [2.05, 4.69) is 103 Å². The van der Waals surface area contributed by atoms with Gasteiger partial charge >= 0.3 is 0 Å². The highest BCUT2D eigenvalue weighted by molar-refractivity contribution is 7.25. The quantitative estimate of drug-likeness (QED) is 0.246. The normalized spacial score (nSPS) is 11.6. The molecule has 0 radical (unpaired) electrons. The lowest BCUT2D eigenvalue weighted by Crippen LogP contribution is -1.89. The zero-order valence-corrected chi connectivity index (χ0v) is 18.6. The van der Waals surface area contributed by atoms with Crippen LogP contribution in [0.25, 0.3) is 64.1 Å². The van der Waals surface area contributed by atoms with Crippen molar-refractivity contribution in [3.05, 3.63) is 115 Å². The number of fused-ring (bicyclic) bond motifs is 6. The molecule has 0 aliphatic heterocycles. The molecule has 0 unspecified atom stereocenters. The number of rotatable bonds is 2. The number of aromatic nitrogens is 1. The van der Waals surface area contributed by atoms with Crippen molar-refractivity contribution < 1.29 is 0 Å². The van der Waals surface area contributed by atoms with Crippen LogP contribution in [0, 0.1) is 0 Å². The first kappa shape index (κ1) is 18.6. The number of pyridine rings is 1. The third-order valence-electron chi connectivity index (χ3n) is 6.51. The van der Waals surface area contributed by atoms with E-state index in [-0.39, 0.29) is 0 Å². The van der Waals surface area contributed by atoms with E-state index >= 15 is 0 Å². The Kier molecular flexibility index (Phi) is 4.08. The molecule has 0 spiro atoms. The topological polar surface area (TPSA) is 12.9 Å². The van der Waals surface area contributed by atoms with E-state index in [1.54, 1.807) is 0 Å². The molecule has 0 saturated carbocycles. The molecule has 1 nitrogen and oxygen atoms in total. The Bertz CT molecular complexity index is 1810.